The summed E-state index contributed by atoms with van der Waals surface area (Å²) >= 11 is 0. The van der Waals surface area contributed by atoms with E-state index in [1.807, 2.05) is 0 Å². The van der Waals surface area contributed by atoms with Crippen LogP contribution in [0.2, 0.25) is 0 Å². The number of anilines is 2. The van der Waals surface area contributed by atoms with E-state index in [-0.39, 0.29) is 11.6 Å². The van der Waals surface area contributed by atoms with Crippen LogP contribution in [-0.4, -0.2) is 21.9 Å². The van der Waals surface area contributed by atoms with Crippen LogP contribution in [0.3, 0.4) is 0 Å². The Morgan fingerprint density at radius 2 is 1.77 bits per heavy atom. The molecule has 6 nitrogen and oxygen atoms in total. The van der Waals surface area contributed by atoms with Crippen molar-refractivity contribution in [3.05, 3.63) is 60.1 Å². The number of oxazole rings is 1. The molecule has 1 amide bonds. The molecule has 31 heavy (non-hydrogen) atoms. The second-order valence-electron chi connectivity index (χ2n) is 7.43. The first-order chi connectivity index (χ1) is 14.9. The van der Waals surface area contributed by atoms with E-state index in [2.05, 4.69) is 20.6 Å². The zero-order valence-electron chi connectivity index (χ0n) is 16.6. The number of hydrogen-bond acceptors (Lipinski definition) is 5. The van der Waals surface area contributed by atoms with Crippen molar-refractivity contribution in [1.82, 2.24) is 9.97 Å². The fraction of sp³-hybridized carbons (Fsp3) is 0.318. The van der Waals surface area contributed by atoms with Gasteiger partial charge in [-0.3, -0.25) is 4.79 Å². The van der Waals surface area contributed by atoms with E-state index in [4.69, 9.17) is 4.42 Å². The number of rotatable bonds is 5. The van der Waals surface area contributed by atoms with Gasteiger partial charge in [0.25, 0.3) is 5.91 Å². The van der Waals surface area contributed by atoms with Gasteiger partial charge >= 0.3 is 6.18 Å². The highest BCUT2D eigenvalue weighted by Crippen LogP contribution is 2.35. The molecule has 2 heterocycles. The van der Waals surface area contributed by atoms with Crippen LogP contribution in [0.1, 0.15) is 48.4 Å². The molecule has 2 N–H and O–H groups in total. The summed E-state index contributed by atoms with van der Waals surface area (Å²) < 4.78 is 45.2. The highest BCUT2D eigenvalue weighted by atomic mass is 19.4. The highest BCUT2D eigenvalue weighted by Gasteiger charge is 2.42. The molecule has 162 valence electrons. The van der Waals surface area contributed by atoms with Crippen LogP contribution in [0.5, 0.6) is 0 Å². The number of carbonyl (C=O) groups is 1. The number of nitrogens with one attached hydrogen (secondary N) is 2. The van der Waals surface area contributed by atoms with E-state index in [0.29, 0.717) is 17.4 Å². The Balaban J connectivity index is 1.50. The smallest absolute Gasteiger partial charge is 0.431 e. The van der Waals surface area contributed by atoms with Crippen LogP contribution in [-0.2, 0) is 6.18 Å². The maximum atomic E-state index is 13.4. The van der Waals surface area contributed by atoms with Gasteiger partial charge < -0.3 is 15.1 Å². The maximum Gasteiger partial charge on any atom is 0.452 e. The summed E-state index contributed by atoms with van der Waals surface area (Å²) in [7, 11) is 0. The van der Waals surface area contributed by atoms with E-state index in [0.717, 1.165) is 12.8 Å². The molecule has 9 heteroatoms. The van der Waals surface area contributed by atoms with Crippen molar-refractivity contribution in [2.24, 2.45) is 0 Å². The Bertz CT molecular complexity index is 1030. The van der Waals surface area contributed by atoms with Crippen molar-refractivity contribution in [3.8, 4) is 11.5 Å². The molecule has 0 unspecified atom stereocenters. The number of alkyl halides is 3. The van der Waals surface area contributed by atoms with Gasteiger partial charge in [-0.2, -0.15) is 13.2 Å². The van der Waals surface area contributed by atoms with Gasteiger partial charge in [-0.05, 0) is 37.1 Å². The van der Waals surface area contributed by atoms with E-state index in [1.54, 1.807) is 42.5 Å². The minimum absolute atomic E-state index is 0.261. The van der Waals surface area contributed by atoms with Gasteiger partial charge in [-0.15, -0.1) is 0 Å². The van der Waals surface area contributed by atoms with Gasteiger partial charge in [0.1, 0.15) is 5.82 Å². The molecule has 2 aromatic heterocycles. The normalized spacial score (nSPS) is 14.9. The van der Waals surface area contributed by atoms with Crippen LogP contribution in [0, 0.1) is 0 Å². The standard InChI is InChI=1S/C22H21F3N4O2/c23-22(24,25)19-18(29-21(31-19)14-7-3-1-4-8-14)20(30)28-16-11-12-17(26-13-16)27-15-9-5-2-6-10-15/h1,3-4,7-8,11-13,15H,2,5-6,9-10H2,(H,26,27)(H,28,30). The predicted octanol–water partition coefficient (Wildman–Crippen LogP) is 5.75. The molecule has 1 saturated carbocycles. The van der Waals surface area contributed by atoms with E-state index >= 15 is 0 Å². The number of carbonyl (C=O) groups excluding carboxylic acids is 1. The Morgan fingerprint density at radius 1 is 1.03 bits per heavy atom. The first-order valence-corrected chi connectivity index (χ1v) is 10.1. The number of halogens is 3. The number of aromatic nitrogens is 2. The van der Waals surface area contributed by atoms with Gasteiger partial charge in [0, 0.05) is 11.6 Å². The largest absolute Gasteiger partial charge is 0.452 e. The minimum Gasteiger partial charge on any atom is -0.431 e. The average molecular weight is 430 g/mol. The lowest BCUT2D eigenvalue weighted by Gasteiger charge is -2.23. The molecule has 0 aliphatic heterocycles. The summed E-state index contributed by atoms with van der Waals surface area (Å²) in [5.41, 5.74) is -0.223. The molecule has 0 spiro atoms. The summed E-state index contributed by atoms with van der Waals surface area (Å²) in [5, 5.41) is 5.76. The molecular formula is C22H21F3N4O2. The predicted molar refractivity (Wildman–Crippen MR) is 110 cm³/mol. The monoisotopic (exact) mass is 430 g/mol. The Morgan fingerprint density at radius 3 is 2.42 bits per heavy atom. The van der Waals surface area contributed by atoms with Crippen LogP contribution in [0.4, 0.5) is 24.7 Å². The third kappa shape index (κ3) is 5.04. The second kappa shape index (κ2) is 8.79. The Labute approximate surface area is 176 Å². The van der Waals surface area contributed by atoms with Crippen molar-refractivity contribution >= 4 is 17.4 Å². The van der Waals surface area contributed by atoms with Crippen LogP contribution >= 0.6 is 0 Å². The van der Waals surface area contributed by atoms with Crippen molar-refractivity contribution in [3.63, 3.8) is 0 Å². The lowest BCUT2D eigenvalue weighted by atomic mass is 9.95. The minimum atomic E-state index is -4.86. The van der Waals surface area contributed by atoms with E-state index in [1.165, 1.54) is 25.5 Å². The Kier molecular flexibility index (Phi) is 5.92. The first-order valence-electron chi connectivity index (χ1n) is 10.1. The summed E-state index contributed by atoms with van der Waals surface area (Å²) in [6.45, 7) is 0. The maximum absolute atomic E-state index is 13.4. The van der Waals surface area contributed by atoms with Gasteiger partial charge in [-0.25, -0.2) is 9.97 Å². The molecule has 1 aliphatic carbocycles. The Hall–Kier alpha value is -3.36. The molecule has 0 radical (unpaired) electrons. The summed E-state index contributed by atoms with van der Waals surface area (Å²) in [5.74, 6) is -2.07. The lowest BCUT2D eigenvalue weighted by molar-refractivity contribution is -0.153. The van der Waals surface area contributed by atoms with E-state index in [9.17, 15) is 18.0 Å². The zero-order valence-corrected chi connectivity index (χ0v) is 16.6. The molecule has 0 atom stereocenters. The van der Waals surface area contributed by atoms with Crippen LogP contribution in [0.15, 0.2) is 53.1 Å². The SMILES string of the molecule is O=C(Nc1ccc(NC2CCCCC2)nc1)c1nc(-c2ccccc2)oc1C(F)(F)F. The van der Waals surface area contributed by atoms with Crippen LogP contribution < -0.4 is 10.6 Å². The van der Waals surface area contributed by atoms with Gasteiger partial charge in [0.05, 0.1) is 11.9 Å². The fourth-order valence-electron chi connectivity index (χ4n) is 3.57. The molecule has 1 aromatic carbocycles. The third-order valence-corrected chi connectivity index (χ3v) is 5.10. The van der Waals surface area contributed by atoms with Gasteiger partial charge in [-0.1, -0.05) is 37.5 Å². The molecule has 3 aromatic rings. The number of hydrogen-bond donors (Lipinski definition) is 2. The summed E-state index contributed by atoms with van der Waals surface area (Å²) in [6.07, 6.45) is 2.29. The summed E-state index contributed by atoms with van der Waals surface area (Å²) in [4.78, 5) is 20.6. The fourth-order valence-corrected chi connectivity index (χ4v) is 3.57. The molecular weight excluding hydrogens is 409 g/mol. The number of pyridine rings is 1. The van der Waals surface area contributed by atoms with Gasteiger partial charge in [0.15, 0.2) is 5.69 Å². The van der Waals surface area contributed by atoms with Crippen molar-refractivity contribution < 1.29 is 22.4 Å². The summed E-state index contributed by atoms with van der Waals surface area (Å²) in [6, 6.07) is 11.7. The number of benzene rings is 1. The van der Waals surface area contributed by atoms with Crippen LogP contribution in [0.25, 0.3) is 11.5 Å². The average Bonchev–Trinajstić information content (AvgIpc) is 3.23. The first kappa shape index (κ1) is 20.9. The molecule has 1 aliphatic rings. The van der Waals surface area contributed by atoms with Gasteiger partial charge in [0.2, 0.25) is 11.7 Å². The van der Waals surface area contributed by atoms with Crippen molar-refractivity contribution in [1.29, 1.82) is 0 Å². The highest BCUT2D eigenvalue weighted by molar-refractivity contribution is 6.04. The lowest BCUT2D eigenvalue weighted by Crippen LogP contribution is -2.22. The van der Waals surface area contributed by atoms with Crippen molar-refractivity contribution in [2.75, 3.05) is 10.6 Å². The third-order valence-electron chi connectivity index (χ3n) is 5.10. The molecule has 4 rings (SSSR count). The van der Waals surface area contributed by atoms with E-state index < -0.39 is 23.5 Å². The molecule has 1 fully saturated rings. The zero-order chi connectivity index (χ0) is 21.8. The molecule has 0 bridgehead atoms. The van der Waals surface area contributed by atoms with Crippen molar-refractivity contribution in [2.45, 2.75) is 44.3 Å². The second-order valence-corrected chi connectivity index (χ2v) is 7.43. The number of nitrogens with zero attached hydrogens (tertiary/aromatic N) is 2. The number of amides is 1. The molecule has 0 saturated heterocycles. The quantitative estimate of drug-likeness (QED) is 0.539. The topological polar surface area (TPSA) is 80.0 Å².